The van der Waals surface area contributed by atoms with Gasteiger partial charge in [-0.25, -0.2) is 0 Å². The normalized spacial score (nSPS) is 17.2. The van der Waals surface area contributed by atoms with Gasteiger partial charge in [-0.1, -0.05) is 42.5 Å². The highest BCUT2D eigenvalue weighted by molar-refractivity contribution is 5.92. The fourth-order valence-electron chi connectivity index (χ4n) is 3.63. The second kappa shape index (κ2) is 6.57. The average molecular weight is 331 g/mol. The summed E-state index contributed by atoms with van der Waals surface area (Å²) < 4.78 is 2.34. The monoisotopic (exact) mass is 331 g/mol. The zero-order chi connectivity index (χ0) is 17.2. The Morgan fingerprint density at radius 3 is 2.44 bits per heavy atom. The molecule has 3 aromatic rings. The van der Waals surface area contributed by atoms with Crippen LogP contribution in [-0.2, 0) is 13.1 Å². The topological polar surface area (TPSA) is 51.3 Å². The molecule has 0 saturated heterocycles. The molecule has 0 radical (unpaired) electrons. The molecule has 1 amide bonds. The molecule has 1 aliphatic heterocycles. The minimum Gasteiger partial charge on any atom is -0.366 e. The van der Waals surface area contributed by atoms with Crippen LogP contribution in [0.2, 0.25) is 0 Å². The lowest BCUT2D eigenvalue weighted by molar-refractivity contribution is 0.1000. The quantitative estimate of drug-likeness (QED) is 0.798. The molecule has 25 heavy (non-hydrogen) atoms. The van der Waals surface area contributed by atoms with Crippen LogP contribution >= 0.6 is 0 Å². The first-order valence-electron chi connectivity index (χ1n) is 8.55. The van der Waals surface area contributed by atoms with Crippen molar-refractivity contribution in [1.29, 1.82) is 0 Å². The van der Waals surface area contributed by atoms with Crippen LogP contribution in [0.25, 0.3) is 0 Å². The summed E-state index contributed by atoms with van der Waals surface area (Å²) in [6.07, 6.45) is 2.16. The zero-order valence-corrected chi connectivity index (χ0v) is 14.0. The van der Waals surface area contributed by atoms with Crippen LogP contribution in [0.1, 0.15) is 33.2 Å². The number of primary amides is 1. The van der Waals surface area contributed by atoms with Gasteiger partial charge in [0.2, 0.25) is 5.91 Å². The molecule has 2 heterocycles. The van der Waals surface area contributed by atoms with Crippen LogP contribution in [0.3, 0.4) is 0 Å². The first kappa shape index (κ1) is 15.7. The fraction of sp³-hybridized carbons (Fsp3) is 0.190. The molecule has 2 aromatic carbocycles. The predicted molar refractivity (Wildman–Crippen MR) is 98.1 cm³/mol. The van der Waals surface area contributed by atoms with Crippen LogP contribution in [0, 0.1) is 0 Å². The van der Waals surface area contributed by atoms with Gasteiger partial charge in [0.25, 0.3) is 0 Å². The molecular formula is C21H21N3O. The molecule has 0 saturated carbocycles. The Bertz CT molecular complexity index is 868. The van der Waals surface area contributed by atoms with E-state index in [9.17, 15) is 4.79 Å². The molecule has 1 atom stereocenters. The number of benzene rings is 2. The summed E-state index contributed by atoms with van der Waals surface area (Å²) in [5.41, 5.74) is 9.70. The fourth-order valence-corrected chi connectivity index (χ4v) is 3.63. The molecule has 4 heteroatoms. The molecule has 2 N–H and O–H groups in total. The number of hydrogen-bond donors (Lipinski definition) is 1. The van der Waals surface area contributed by atoms with Crippen molar-refractivity contribution in [2.75, 3.05) is 6.54 Å². The van der Waals surface area contributed by atoms with Crippen LogP contribution in [0.5, 0.6) is 0 Å². The number of aromatic nitrogens is 1. The Morgan fingerprint density at radius 2 is 1.72 bits per heavy atom. The van der Waals surface area contributed by atoms with Crippen molar-refractivity contribution < 1.29 is 4.79 Å². The number of nitrogens with two attached hydrogens (primary N) is 1. The number of carbonyl (C=O) groups excluding carboxylic acids is 1. The van der Waals surface area contributed by atoms with E-state index in [1.165, 1.54) is 16.8 Å². The minimum absolute atomic E-state index is 0.237. The average Bonchev–Trinajstić information content (AvgIpc) is 3.11. The third-order valence-corrected chi connectivity index (χ3v) is 4.88. The van der Waals surface area contributed by atoms with Gasteiger partial charge in [0.1, 0.15) is 0 Å². The van der Waals surface area contributed by atoms with E-state index in [1.807, 2.05) is 24.3 Å². The maximum atomic E-state index is 11.3. The van der Waals surface area contributed by atoms with Gasteiger partial charge in [-0.3, -0.25) is 9.69 Å². The number of amides is 1. The summed E-state index contributed by atoms with van der Waals surface area (Å²) in [5.74, 6) is -0.385. The van der Waals surface area contributed by atoms with Crippen LogP contribution in [-0.4, -0.2) is 21.9 Å². The van der Waals surface area contributed by atoms with E-state index in [0.717, 1.165) is 19.6 Å². The lowest BCUT2D eigenvalue weighted by Crippen LogP contribution is -2.37. The maximum absolute atomic E-state index is 11.3. The summed E-state index contributed by atoms with van der Waals surface area (Å²) >= 11 is 0. The Hall–Kier alpha value is -2.85. The Balaban J connectivity index is 1.65. The van der Waals surface area contributed by atoms with Gasteiger partial charge >= 0.3 is 0 Å². The molecule has 0 fully saturated rings. The number of hydrogen-bond acceptors (Lipinski definition) is 2. The van der Waals surface area contributed by atoms with E-state index in [4.69, 9.17) is 5.73 Å². The summed E-state index contributed by atoms with van der Waals surface area (Å²) in [6.45, 7) is 2.81. The summed E-state index contributed by atoms with van der Waals surface area (Å²) in [4.78, 5) is 13.7. The largest absolute Gasteiger partial charge is 0.366 e. The van der Waals surface area contributed by atoms with E-state index in [-0.39, 0.29) is 11.9 Å². The first-order valence-corrected chi connectivity index (χ1v) is 8.55. The van der Waals surface area contributed by atoms with Crippen LogP contribution in [0.15, 0.2) is 72.9 Å². The van der Waals surface area contributed by atoms with Crippen molar-refractivity contribution in [3.05, 3.63) is 95.3 Å². The highest BCUT2D eigenvalue weighted by atomic mass is 16.1. The highest BCUT2D eigenvalue weighted by Crippen LogP contribution is 2.33. The number of rotatable bonds is 4. The van der Waals surface area contributed by atoms with E-state index in [1.54, 1.807) is 0 Å². The van der Waals surface area contributed by atoms with E-state index >= 15 is 0 Å². The summed E-state index contributed by atoms with van der Waals surface area (Å²) in [7, 11) is 0. The maximum Gasteiger partial charge on any atom is 0.248 e. The third kappa shape index (κ3) is 3.08. The molecule has 1 aliphatic rings. The standard InChI is InChI=1S/C21H21N3O/c22-21(25)18-10-8-16(9-11-18)15-24-14-13-23-12-4-7-19(23)20(24)17-5-2-1-3-6-17/h1-12,20H,13-15H2,(H2,22,25). The second-order valence-corrected chi connectivity index (χ2v) is 6.47. The predicted octanol–water partition coefficient (Wildman–Crippen LogP) is 3.19. The van der Waals surface area contributed by atoms with Gasteiger partial charge in [0, 0.05) is 37.1 Å². The van der Waals surface area contributed by atoms with E-state index < -0.39 is 0 Å². The van der Waals surface area contributed by atoms with Crippen molar-refractivity contribution in [2.24, 2.45) is 5.73 Å². The molecule has 4 nitrogen and oxygen atoms in total. The van der Waals surface area contributed by atoms with E-state index in [2.05, 4.69) is 58.1 Å². The lowest BCUT2D eigenvalue weighted by atomic mass is 9.99. The van der Waals surface area contributed by atoms with Crippen LogP contribution < -0.4 is 5.73 Å². The van der Waals surface area contributed by atoms with Gasteiger partial charge in [-0.15, -0.1) is 0 Å². The molecule has 126 valence electrons. The molecule has 0 bridgehead atoms. The lowest BCUT2D eigenvalue weighted by Gasteiger charge is -2.37. The highest BCUT2D eigenvalue weighted by Gasteiger charge is 2.28. The smallest absolute Gasteiger partial charge is 0.248 e. The van der Waals surface area contributed by atoms with Gasteiger partial charge in [0.15, 0.2) is 0 Å². The molecule has 4 rings (SSSR count). The van der Waals surface area contributed by atoms with Crippen molar-refractivity contribution >= 4 is 5.91 Å². The van der Waals surface area contributed by atoms with Crippen molar-refractivity contribution in [1.82, 2.24) is 9.47 Å². The molecule has 1 aromatic heterocycles. The zero-order valence-electron chi connectivity index (χ0n) is 14.0. The molecule has 0 spiro atoms. The Morgan fingerprint density at radius 1 is 0.960 bits per heavy atom. The Labute approximate surface area is 147 Å². The molecule has 0 aliphatic carbocycles. The van der Waals surface area contributed by atoms with Crippen molar-refractivity contribution in [3.8, 4) is 0 Å². The number of carbonyl (C=O) groups is 1. The van der Waals surface area contributed by atoms with Crippen molar-refractivity contribution in [2.45, 2.75) is 19.1 Å². The second-order valence-electron chi connectivity index (χ2n) is 6.47. The van der Waals surface area contributed by atoms with Gasteiger partial charge in [-0.05, 0) is 35.4 Å². The minimum atomic E-state index is -0.385. The van der Waals surface area contributed by atoms with Gasteiger partial charge in [-0.2, -0.15) is 0 Å². The molecule has 1 unspecified atom stereocenters. The van der Waals surface area contributed by atoms with Crippen molar-refractivity contribution in [3.63, 3.8) is 0 Å². The Kier molecular flexibility index (Phi) is 4.12. The van der Waals surface area contributed by atoms with Gasteiger partial charge < -0.3 is 10.3 Å². The number of nitrogens with zero attached hydrogens (tertiary/aromatic N) is 2. The summed E-state index contributed by atoms with van der Waals surface area (Å²) in [6, 6.07) is 22.8. The van der Waals surface area contributed by atoms with Gasteiger partial charge in [0.05, 0.1) is 6.04 Å². The summed E-state index contributed by atoms with van der Waals surface area (Å²) in [5, 5.41) is 0. The first-order chi connectivity index (χ1) is 12.2. The van der Waals surface area contributed by atoms with E-state index in [0.29, 0.717) is 5.56 Å². The molecular weight excluding hydrogens is 310 g/mol. The van der Waals surface area contributed by atoms with Crippen LogP contribution in [0.4, 0.5) is 0 Å². The number of fused-ring (bicyclic) bond motifs is 1. The SMILES string of the molecule is NC(=O)c1ccc(CN2CCn3cccc3C2c2ccccc2)cc1. The third-order valence-electron chi connectivity index (χ3n) is 4.88.